The number of halogens is 5. The first-order valence-electron chi connectivity index (χ1n) is 13.7. The molecule has 0 aromatic heterocycles. The minimum atomic E-state index is -4.55. The Morgan fingerprint density at radius 3 is 2.07 bits per heavy atom. The topological polar surface area (TPSA) is 49.8 Å². The molecule has 4 aromatic carbocycles. The van der Waals surface area contributed by atoms with E-state index in [1.807, 2.05) is 43.3 Å². The lowest BCUT2D eigenvalue weighted by Gasteiger charge is -2.31. The van der Waals surface area contributed by atoms with Gasteiger partial charge in [0.05, 0.1) is 23.6 Å². The molecule has 0 heterocycles. The first-order chi connectivity index (χ1) is 20.1. The highest BCUT2D eigenvalue weighted by Crippen LogP contribution is 2.37. The summed E-state index contributed by atoms with van der Waals surface area (Å²) < 4.78 is 46.9. The second kappa shape index (κ2) is 15.8. The highest BCUT2D eigenvalue weighted by atomic mass is 35.5. The number of alkyl halides is 3. The number of hydrogen-bond donors (Lipinski definition) is 1. The van der Waals surface area contributed by atoms with E-state index in [0.717, 1.165) is 17.2 Å². The Morgan fingerprint density at radius 1 is 0.884 bits per heavy atom. The standard InChI is InChI=1S/C34H33ClF3NO3.ClH/c1-24(23-42-29-16-8-10-25(18-29)19-32(40)41)20-39(21-28-15-9-17-31(33(28)35)34(36,37)38)22-30(26-11-4-2-5-12-26)27-13-6-3-7-14-27;/h2-18,24,30H,19-23H2,1H3,(H,40,41);1H/t24-;/m0./s1. The average molecular weight is 633 g/mol. The first kappa shape index (κ1) is 34.0. The van der Waals surface area contributed by atoms with Gasteiger partial charge in [-0.25, -0.2) is 0 Å². The Kier molecular flexibility index (Phi) is 12.5. The molecular weight excluding hydrogens is 598 g/mol. The molecule has 0 amide bonds. The van der Waals surface area contributed by atoms with Crippen molar-refractivity contribution in [3.05, 3.63) is 136 Å². The number of ether oxygens (including phenoxy) is 1. The summed E-state index contributed by atoms with van der Waals surface area (Å²) in [6.45, 7) is 3.64. The van der Waals surface area contributed by atoms with E-state index in [1.165, 1.54) is 6.07 Å². The molecule has 4 nitrogen and oxygen atoms in total. The van der Waals surface area contributed by atoms with Crippen molar-refractivity contribution >= 4 is 30.0 Å². The molecule has 0 saturated heterocycles. The third kappa shape index (κ3) is 10.0. The van der Waals surface area contributed by atoms with Crippen LogP contribution in [0.3, 0.4) is 0 Å². The van der Waals surface area contributed by atoms with E-state index < -0.39 is 17.7 Å². The van der Waals surface area contributed by atoms with Crippen LogP contribution in [-0.2, 0) is 23.9 Å². The summed E-state index contributed by atoms with van der Waals surface area (Å²) >= 11 is 6.32. The van der Waals surface area contributed by atoms with Gasteiger partial charge in [0.2, 0.25) is 0 Å². The quantitative estimate of drug-likeness (QED) is 0.160. The van der Waals surface area contributed by atoms with Crippen molar-refractivity contribution < 1.29 is 27.8 Å². The number of rotatable bonds is 13. The third-order valence-electron chi connectivity index (χ3n) is 6.98. The minimum absolute atomic E-state index is 0. The Hall–Kier alpha value is -3.52. The zero-order valence-corrected chi connectivity index (χ0v) is 25.2. The van der Waals surface area contributed by atoms with E-state index >= 15 is 0 Å². The Labute approximate surface area is 261 Å². The fraction of sp³-hybridized carbons (Fsp3) is 0.265. The largest absolute Gasteiger partial charge is 0.493 e. The molecule has 0 fully saturated rings. The summed E-state index contributed by atoms with van der Waals surface area (Å²) in [5.74, 6) is -0.391. The van der Waals surface area contributed by atoms with E-state index in [1.54, 1.807) is 30.3 Å². The Balaban J connectivity index is 0.00000506. The van der Waals surface area contributed by atoms with Crippen LogP contribution in [0.4, 0.5) is 13.2 Å². The van der Waals surface area contributed by atoms with Crippen molar-refractivity contribution in [2.24, 2.45) is 5.92 Å². The van der Waals surface area contributed by atoms with Gasteiger partial charge in [0.1, 0.15) is 5.75 Å². The number of hydrogen-bond acceptors (Lipinski definition) is 3. The highest BCUT2D eigenvalue weighted by molar-refractivity contribution is 6.32. The highest BCUT2D eigenvalue weighted by Gasteiger charge is 2.34. The van der Waals surface area contributed by atoms with Crippen LogP contribution in [0.5, 0.6) is 5.75 Å². The number of aliphatic carboxylic acids is 1. The number of carboxylic acid groups (broad SMARTS) is 1. The van der Waals surface area contributed by atoms with Gasteiger partial charge in [-0.3, -0.25) is 9.69 Å². The van der Waals surface area contributed by atoms with Crippen molar-refractivity contribution in [2.75, 3.05) is 19.7 Å². The zero-order chi connectivity index (χ0) is 30.1. The zero-order valence-electron chi connectivity index (χ0n) is 23.6. The summed E-state index contributed by atoms with van der Waals surface area (Å²) in [4.78, 5) is 13.2. The van der Waals surface area contributed by atoms with Gasteiger partial charge in [0, 0.05) is 31.5 Å². The van der Waals surface area contributed by atoms with Crippen LogP contribution < -0.4 is 4.74 Å². The molecular formula is C34H34Cl2F3NO3. The molecule has 1 N–H and O–H groups in total. The smallest absolute Gasteiger partial charge is 0.417 e. The minimum Gasteiger partial charge on any atom is -0.493 e. The van der Waals surface area contributed by atoms with E-state index in [0.29, 0.717) is 36.6 Å². The fourth-order valence-electron chi connectivity index (χ4n) is 5.05. The summed E-state index contributed by atoms with van der Waals surface area (Å²) in [5.41, 5.74) is 2.40. The monoisotopic (exact) mass is 631 g/mol. The van der Waals surface area contributed by atoms with Crippen LogP contribution in [0, 0.1) is 5.92 Å². The summed E-state index contributed by atoms with van der Waals surface area (Å²) in [7, 11) is 0. The molecule has 0 radical (unpaired) electrons. The van der Waals surface area contributed by atoms with Crippen LogP contribution >= 0.6 is 24.0 Å². The molecule has 0 unspecified atom stereocenters. The van der Waals surface area contributed by atoms with E-state index in [4.69, 9.17) is 21.4 Å². The molecule has 1 atom stereocenters. The normalized spacial score (nSPS) is 12.2. The third-order valence-corrected chi connectivity index (χ3v) is 7.43. The van der Waals surface area contributed by atoms with Gasteiger partial charge in [-0.15, -0.1) is 12.4 Å². The van der Waals surface area contributed by atoms with Crippen molar-refractivity contribution in [2.45, 2.75) is 32.0 Å². The van der Waals surface area contributed by atoms with Crippen LogP contribution in [-0.4, -0.2) is 35.7 Å². The van der Waals surface area contributed by atoms with Crippen molar-refractivity contribution in [1.29, 1.82) is 0 Å². The van der Waals surface area contributed by atoms with E-state index in [-0.39, 0.29) is 42.2 Å². The molecule has 4 rings (SSSR count). The van der Waals surface area contributed by atoms with Gasteiger partial charge < -0.3 is 9.84 Å². The molecule has 4 aromatic rings. The SMILES string of the molecule is C[C@H](COc1cccc(CC(=O)O)c1)CN(Cc1cccc(C(F)(F)F)c1Cl)CC(c1ccccc1)c1ccccc1.Cl. The molecule has 43 heavy (non-hydrogen) atoms. The van der Waals surface area contributed by atoms with Crippen LogP contribution in [0.25, 0.3) is 0 Å². The second-order valence-corrected chi connectivity index (χ2v) is 10.9. The van der Waals surface area contributed by atoms with Gasteiger partial charge in [-0.05, 0) is 40.5 Å². The van der Waals surface area contributed by atoms with Gasteiger partial charge in [0.25, 0.3) is 0 Å². The van der Waals surface area contributed by atoms with E-state index in [9.17, 15) is 18.0 Å². The molecule has 0 saturated carbocycles. The summed E-state index contributed by atoms with van der Waals surface area (Å²) in [6, 6.07) is 31.1. The lowest BCUT2D eigenvalue weighted by Crippen LogP contribution is -2.34. The van der Waals surface area contributed by atoms with Crippen LogP contribution in [0.2, 0.25) is 5.02 Å². The van der Waals surface area contributed by atoms with Gasteiger partial charge in [-0.2, -0.15) is 13.2 Å². The lowest BCUT2D eigenvalue weighted by molar-refractivity contribution is -0.138. The van der Waals surface area contributed by atoms with Gasteiger partial charge >= 0.3 is 12.1 Å². The first-order valence-corrected chi connectivity index (χ1v) is 14.1. The van der Waals surface area contributed by atoms with Gasteiger partial charge in [0.15, 0.2) is 0 Å². The van der Waals surface area contributed by atoms with Gasteiger partial charge in [-0.1, -0.05) is 103 Å². The molecule has 0 bridgehead atoms. The maximum Gasteiger partial charge on any atom is 0.417 e. The maximum atomic E-state index is 13.6. The van der Waals surface area contributed by atoms with Crippen LogP contribution in [0.15, 0.2) is 103 Å². The van der Waals surface area contributed by atoms with Crippen molar-refractivity contribution in [3.63, 3.8) is 0 Å². The Bertz CT molecular complexity index is 1410. The van der Waals surface area contributed by atoms with Crippen LogP contribution in [0.1, 0.15) is 40.7 Å². The molecule has 0 spiro atoms. The predicted molar refractivity (Wildman–Crippen MR) is 166 cm³/mol. The predicted octanol–water partition coefficient (Wildman–Crippen LogP) is 8.76. The average Bonchev–Trinajstić information content (AvgIpc) is 2.96. The Morgan fingerprint density at radius 2 is 1.49 bits per heavy atom. The molecule has 9 heteroatoms. The number of benzene rings is 4. The lowest BCUT2D eigenvalue weighted by atomic mass is 9.90. The molecule has 0 aliphatic heterocycles. The second-order valence-electron chi connectivity index (χ2n) is 10.5. The number of nitrogens with zero attached hydrogens (tertiary/aromatic N) is 1. The van der Waals surface area contributed by atoms with Crippen molar-refractivity contribution in [1.82, 2.24) is 4.90 Å². The summed E-state index contributed by atoms with van der Waals surface area (Å²) in [6.07, 6.45) is -4.65. The summed E-state index contributed by atoms with van der Waals surface area (Å²) in [5, 5.41) is 8.81. The maximum absolute atomic E-state index is 13.6. The number of carboxylic acids is 1. The molecule has 0 aliphatic rings. The fourth-order valence-corrected chi connectivity index (χ4v) is 5.34. The van der Waals surface area contributed by atoms with E-state index in [2.05, 4.69) is 29.2 Å². The van der Waals surface area contributed by atoms with Crippen molar-refractivity contribution in [3.8, 4) is 5.75 Å². The number of carbonyl (C=O) groups is 1. The molecule has 0 aliphatic carbocycles. The molecule has 228 valence electrons.